The Morgan fingerprint density at radius 1 is 0.302 bits per heavy atom. The molecule has 0 spiro atoms. The van der Waals surface area contributed by atoms with E-state index in [9.17, 15) is 0 Å². The van der Waals surface area contributed by atoms with Crippen molar-refractivity contribution >= 4 is 64.9 Å². The third-order valence-corrected chi connectivity index (χ3v) is 10.6. The lowest BCUT2D eigenvalue weighted by molar-refractivity contribution is 1.08. The number of aromatic nitrogens is 4. The van der Waals surface area contributed by atoms with E-state index in [0.29, 0.717) is 17.5 Å². The quantitative estimate of drug-likeness (QED) is 0.187. The summed E-state index contributed by atoms with van der Waals surface area (Å²) in [4.78, 5) is 15.5. The largest absolute Gasteiger partial charge is 0.309 e. The molecule has 0 unspecified atom stereocenters. The molecule has 0 atom stereocenters. The molecule has 0 amide bonds. The fraction of sp³-hybridized carbons (Fsp3) is 0. The van der Waals surface area contributed by atoms with Crippen LogP contribution in [0.5, 0.6) is 0 Å². The molecule has 0 radical (unpaired) electrons. The average Bonchev–Trinajstić information content (AvgIpc) is 3.58. The zero-order valence-corrected chi connectivity index (χ0v) is 28.6. The van der Waals surface area contributed by atoms with Gasteiger partial charge >= 0.3 is 0 Å². The lowest BCUT2D eigenvalue weighted by Gasteiger charge is -2.12. The van der Waals surface area contributed by atoms with Crippen LogP contribution in [-0.4, -0.2) is 19.5 Å². The van der Waals surface area contributed by atoms with Crippen LogP contribution in [0, 0.1) is 0 Å². The molecule has 2 heterocycles. The van der Waals surface area contributed by atoms with Gasteiger partial charge in [0.1, 0.15) is 0 Å². The van der Waals surface area contributed by atoms with E-state index in [0.717, 1.165) is 43.9 Å². The Morgan fingerprint density at radius 2 is 0.698 bits per heavy atom. The molecular weight excluding hydrogens is 645 g/mol. The summed E-state index contributed by atoms with van der Waals surface area (Å²) in [6, 6.07) is 64.5. The SMILES string of the molecule is c1ccc2c(-c3nc(-c4ccc(-n5c6ccc7ccccc7c6c6c7ccccc7ccc65)cc4)nc(-c4cccc5ccccc45)n3)cccc2c1. The third kappa shape index (κ3) is 4.66. The molecule has 0 aliphatic carbocycles. The van der Waals surface area contributed by atoms with E-state index in [2.05, 4.69) is 187 Å². The van der Waals surface area contributed by atoms with Gasteiger partial charge in [-0.1, -0.05) is 146 Å². The summed E-state index contributed by atoms with van der Waals surface area (Å²) in [7, 11) is 0. The minimum absolute atomic E-state index is 0.636. The van der Waals surface area contributed by atoms with E-state index in [-0.39, 0.29) is 0 Å². The van der Waals surface area contributed by atoms with Gasteiger partial charge in [-0.05, 0) is 79.5 Å². The first-order valence-corrected chi connectivity index (χ1v) is 18.0. The van der Waals surface area contributed by atoms with E-state index < -0.39 is 0 Å². The summed E-state index contributed by atoms with van der Waals surface area (Å²) in [5, 5.41) is 12.1. The fourth-order valence-corrected chi connectivity index (χ4v) is 8.17. The van der Waals surface area contributed by atoms with Crippen LogP contribution >= 0.6 is 0 Å². The first kappa shape index (κ1) is 29.5. The lowest BCUT2D eigenvalue weighted by Crippen LogP contribution is -2.01. The van der Waals surface area contributed by atoms with Gasteiger partial charge in [0.25, 0.3) is 0 Å². The molecule has 0 saturated heterocycles. The maximum absolute atomic E-state index is 5.16. The van der Waals surface area contributed by atoms with Gasteiger partial charge in [0, 0.05) is 33.2 Å². The van der Waals surface area contributed by atoms with Crippen molar-refractivity contribution in [3.63, 3.8) is 0 Å². The maximum Gasteiger partial charge on any atom is 0.164 e. The van der Waals surface area contributed by atoms with Gasteiger partial charge in [0.15, 0.2) is 17.5 Å². The van der Waals surface area contributed by atoms with Crippen LogP contribution < -0.4 is 0 Å². The minimum Gasteiger partial charge on any atom is -0.309 e. The molecule has 0 saturated carbocycles. The van der Waals surface area contributed by atoms with Crippen molar-refractivity contribution in [2.24, 2.45) is 0 Å². The Kier molecular flexibility index (Phi) is 6.52. The average molecular weight is 675 g/mol. The van der Waals surface area contributed by atoms with Crippen molar-refractivity contribution in [3.05, 3.63) is 182 Å². The van der Waals surface area contributed by atoms with Crippen LogP contribution in [0.3, 0.4) is 0 Å². The van der Waals surface area contributed by atoms with Crippen LogP contribution in [0.15, 0.2) is 182 Å². The lowest BCUT2D eigenvalue weighted by atomic mass is 10.00. The monoisotopic (exact) mass is 674 g/mol. The number of hydrogen-bond acceptors (Lipinski definition) is 3. The smallest absolute Gasteiger partial charge is 0.164 e. The molecule has 0 bridgehead atoms. The highest BCUT2D eigenvalue weighted by atomic mass is 15.0. The van der Waals surface area contributed by atoms with Gasteiger partial charge in [0.2, 0.25) is 0 Å². The van der Waals surface area contributed by atoms with Crippen LogP contribution in [0.4, 0.5) is 0 Å². The molecule has 0 fully saturated rings. The van der Waals surface area contributed by atoms with Crippen LogP contribution in [0.25, 0.3) is 105 Å². The van der Waals surface area contributed by atoms with Gasteiger partial charge in [-0.25, -0.2) is 15.0 Å². The Labute approximate surface area is 305 Å². The summed E-state index contributed by atoms with van der Waals surface area (Å²) >= 11 is 0. The topological polar surface area (TPSA) is 43.6 Å². The molecule has 4 nitrogen and oxygen atoms in total. The van der Waals surface area contributed by atoms with Gasteiger partial charge in [0.05, 0.1) is 11.0 Å². The van der Waals surface area contributed by atoms with E-state index in [1.54, 1.807) is 0 Å². The van der Waals surface area contributed by atoms with Gasteiger partial charge < -0.3 is 4.57 Å². The summed E-state index contributed by atoms with van der Waals surface area (Å²) < 4.78 is 2.39. The summed E-state index contributed by atoms with van der Waals surface area (Å²) in [6.45, 7) is 0. The number of hydrogen-bond donors (Lipinski definition) is 0. The van der Waals surface area contributed by atoms with Crippen molar-refractivity contribution in [2.75, 3.05) is 0 Å². The van der Waals surface area contributed by atoms with E-state index >= 15 is 0 Å². The number of fused-ring (bicyclic) bond motifs is 9. The highest BCUT2D eigenvalue weighted by Crippen LogP contribution is 2.41. The first-order valence-electron chi connectivity index (χ1n) is 18.0. The van der Waals surface area contributed by atoms with E-state index in [4.69, 9.17) is 15.0 Å². The van der Waals surface area contributed by atoms with E-state index in [1.165, 1.54) is 43.4 Å². The van der Waals surface area contributed by atoms with Crippen molar-refractivity contribution in [3.8, 4) is 39.9 Å². The second-order valence-electron chi connectivity index (χ2n) is 13.6. The summed E-state index contributed by atoms with van der Waals surface area (Å²) in [5.74, 6) is 1.94. The number of rotatable bonds is 4. The van der Waals surface area contributed by atoms with Crippen molar-refractivity contribution < 1.29 is 0 Å². The predicted octanol–water partition coefficient (Wildman–Crippen LogP) is 12.6. The Balaban J connectivity index is 1.12. The molecule has 246 valence electrons. The second-order valence-corrected chi connectivity index (χ2v) is 13.6. The third-order valence-electron chi connectivity index (χ3n) is 10.6. The van der Waals surface area contributed by atoms with E-state index in [1.807, 2.05) is 0 Å². The van der Waals surface area contributed by atoms with Crippen LogP contribution in [0.2, 0.25) is 0 Å². The zero-order chi connectivity index (χ0) is 34.9. The fourth-order valence-electron chi connectivity index (χ4n) is 8.17. The number of benzene rings is 9. The van der Waals surface area contributed by atoms with Crippen molar-refractivity contribution in [1.82, 2.24) is 19.5 Å². The van der Waals surface area contributed by atoms with Crippen molar-refractivity contribution in [1.29, 1.82) is 0 Å². The molecule has 0 aliphatic heterocycles. The zero-order valence-electron chi connectivity index (χ0n) is 28.6. The van der Waals surface area contributed by atoms with Gasteiger partial charge in [-0.3, -0.25) is 0 Å². The molecule has 53 heavy (non-hydrogen) atoms. The maximum atomic E-state index is 5.16. The molecule has 0 aliphatic rings. The highest BCUT2D eigenvalue weighted by Gasteiger charge is 2.19. The normalized spacial score (nSPS) is 11.8. The molecule has 4 heteroatoms. The van der Waals surface area contributed by atoms with Gasteiger partial charge in [-0.2, -0.15) is 0 Å². The standard InChI is InChI=1S/C49H30N4/c1-5-17-37-31(11-1)15-9-21-41(37)48-50-47(51-49(52-48)42-22-10-16-32-12-2-6-18-38(32)42)35-23-27-36(28-24-35)53-43-29-25-33-13-3-7-19-39(33)45(43)46-40-20-8-4-14-34(40)26-30-44(46)53/h1-30H. The highest BCUT2D eigenvalue weighted by molar-refractivity contribution is 6.28. The molecule has 2 aromatic heterocycles. The summed E-state index contributed by atoms with van der Waals surface area (Å²) in [6.07, 6.45) is 0. The number of nitrogens with zero attached hydrogens (tertiary/aromatic N) is 4. The van der Waals surface area contributed by atoms with Crippen molar-refractivity contribution in [2.45, 2.75) is 0 Å². The molecular formula is C49H30N4. The predicted molar refractivity (Wildman–Crippen MR) is 220 cm³/mol. The second kappa shape index (κ2) is 11.7. The van der Waals surface area contributed by atoms with Crippen LogP contribution in [0.1, 0.15) is 0 Å². The molecule has 11 aromatic rings. The molecule has 0 N–H and O–H groups in total. The summed E-state index contributed by atoms with van der Waals surface area (Å²) in [5.41, 5.74) is 6.33. The van der Waals surface area contributed by atoms with Crippen LogP contribution in [-0.2, 0) is 0 Å². The van der Waals surface area contributed by atoms with Gasteiger partial charge in [-0.15, -0.1) is 0 Å². The Hall–Kier alpha value is -7.17. The molecule has 9 aromatic carbocycles. The Bertz CT molecular complexity index is 3030. The molecule has 11 rings (SSSR count). The first-order chi connectivity index (χ1) is 26.3. The minimum atomic E-state index is 0.636. The Morgan fingerprint density at radius 3 is 1.19 bits per heavy atom.